The molecule has 0 fully saturated rings. The van der Waals surface area contributed by atoms with Gasteiger partial charge in [0, 0.05) is 5.39 Å². The molecular formula is C20H16N4. The molecule has 4 heteroatoms. The largest absolute Gasteiger partial charge is 0.305 e. The van der Waals surface area contributed by atoms with Gasteiger partial charge in [-0.1, -0.05) is 54.1 Å². The molecule has 2 heterocycles. The van der Waals surface area contributed by atoms with Gasteiger partial charge in [0.25, 0.3) is 0 Å². The van der Waals surface area contributed by atoms with Crippen molar-refractivity contribution in [2.45, 2.75) is 13.5 Å². The molecule has 24 heavy (non-hydrogen) atoms. The number of fused-ring (bicyclic) bond motifs is 2. The van der Waals surface area contributed by atoms with E-state index in [0.717, 1.165) is 17.8 Å². The van der Waals surface area contributed by atoms with Gasteiger partial charge in [-0.2, -0.15) is 0 Å². The van der Waals surface area contributed by atoms with Crippen LogP contribution in [0.1, 0.15) is 11.1 Å². The van der Waals surface area contributed by atoms with Gasteiger partial charge in [0.15, 0.2) is 0 Å². The number of aryl methyl sites for hydroxylation is 1. The first-order valence-corrected chi connectivity index (χ1v) is 8.06. The van der Waals surface area contributed by atoms with E-state index in [1.807, 2.05) is 0 Å². The highest BCUT2D eigenvalue weighted by Crippen LogP contribution is 2.28. The summed E-state index contributed by atoms with van der Waals surface area (Å²) in [7, 11) is 0. The number of rotatable bonds is 2. The molecule has 0 radical (unpaired) electrons. The zero-order chi connectivity index (χ0) is 16.1. The van der Waals surface area contributed by atoms with Crippen LogP contribution in [0, 0.1) is 6.92 Å². The van der Waals surface area contributed by atoms with Crippen LogP contribution in [0.15, 0.2) is 67.0 Å². The van der Waals surface area contributed by atoms with Crippen molar-refractivity contribution in [1.82, 2.24) is 19.2 Å². The number of nitrogens with zero attached hydrogens (tertiary/aromatic N) is 4. The minimum atomic E-state index is 0.770. The van der Waals surface area contributed by atoms with Crippen LogP contribution in [0.3, 0.4) is 0 Å². The standard InChI is InChI=1S/C20H16N4/c1-14-8-10-15(11-9-14)12-23-17-6-2-4-16-5-3-7-18(19(16)17)24-13-21-22-20(23)24/h2-11,13H,12H2,1H3. The number of hydrogen-bond acceptors (Lipinski definition) is 2. The summed E-state index contributed by atoms with van der Waals surface area (Å²) in [4.78, 5) is 0. The Morgan fingerprint density at radius 2 is 1.62 bits per heavy atom. The first-order valence-electron chi connectivity index (χ1n) is 8.06. The molecule has 0 N–H and O–H groups in total. The molecule has 0 bridgehead atoms. The van der Waals surface area contributed by atoms with Crippen molar-refractivity contribution >= 4 is 27.6 Å². The SMILES string of the molecule is Cc1ccc(Cn2c3cccc4cccc(c43)n3cnnc23)cc1. The molecule has 3 aromatic carbocycles. The normalized spacial score (nSPS) is 11.7. The predicted octanol–water partition coefficient (Wildman–Crippen LogP) is 4.19. The lowest BCUT2D eigenvalue weighted by atomic mass is 10.1. The third-order valence-corrected chi connectivity index (χ3v) is 4.64. The average molecular weight is 312 g/mol. The van der Waals surface area contributed by atoms with Crippen LogP contribution < -0.4 is 0 Å². The fourth-order valence-corrected chi connectivity index (χ4v) is 3.45. The molecule has 0 spiro atoms. The lowest BCUT2D eigenvalue weighted by molar-refractivity contribution is 0.823. The maximum absolute atomic E-state index is 4.38. The summed E-state index contributed by atoms with van der Waals surface area (Å²) >= 11 is 0. The van der Waals surface area contributed by atoms with Gasteiger partial charge < -0.3 is 4.57 Å². The van der Waals surface area contributed by atoms with Crippen LogP contribution in [0.5, 0.6) is 0 Å². The molecular weight excluding hydrogens is 296 g/mol. The van der Waals surface area contributed by atoms with Crippen LogP contribution in [0.25, 0.3) is 27.6 Å². The fourth-order valence-electron chi connectivity index (χ4n) is 3.45. The third-order valence-electron chi connectivity index (χ3n) is 4.64. The second kappa shape index (κ2) is 4.93. The topological polar surface area (TPSA) is 35.1 Å². The van der Waals surface area contributed by atoms with Gasteiger partial charge in [0.1, 0.15) is 6.33 Å². The van der Waals surface area contributed by atoms with E-state index in [4.69, 9.17) is 0 Å². The number of benzene rings is 3. The highest BCUT2D eigenvalue weighted by atomic mass is 15.3. The summed E-state index contributed by atoms with van der Waals surface area (Å²) in [6.07, 6.45) is 1.79. The third kappa shape index (κ3) is 1.86. The Bertz CT molecular complexity index is 1170. The Balaban J connectivity index is 1.87. The van der Waals surface area contributed by atoms with E-state index in [9.17, 15) is 0 Å². The van der Waals surface area contributed by atoms with E-state index < -0.39 is 0 Å². The van der Waals surface area contributed by atoms with Crippen molar-refractivity contribution in [3.05, 3.63) is 78.1 Å². The maximum atomic E-state index is 4.38. The fraction of sp³-hybridized carbons (Fsp3) is 0.100. The highest BCUT2D eigenvalue weighted by Gasteiger charge is 2.13. The zero-order valence-electron chi connectivity index (χ0n) is 13.3. The monoisotopic (exact) mass is 312 g/mol. The molecule has 0 aliphatic carbocycles. The Morgan fingerprint density at radius 3 is 2.42 bits per heavy atom. The molecule has 0 aliphatic rings. The van der Waals surface area contributed by atoms with Gasteiger partial charge in [-0.05, 0) is 30.0 Å². The Labute approximate surface area is 139 Å². The average Bonchev–Trinajstić information content (AvgIpc) is 3.10. The molecule has 2 aromatic heterocycles. The summed E-state index contributed by atoms with van der Waals surface area (Å²) in [5.41, 5.74) is 4.85. The quantitative estimate of drug-likeness (QED) is 0.490. The van der Waals surface area contributed by atoms with Crippen molar-refractivity contribution < 1.29 is 0 Å². The minimum absolute atomic E-state index is 0.770. The number of hydrogen-bond donors (Lipinski definition) is 0. The van der Waals surface area contributed by atoms with Crippen LogP contribution in [-0.2, 0) is 6.54 Å². The van der Waals surface area contributed by atoms with Gasteiger partial charge in [0.05, 0.1) is 17.6 Å². The van der Waals surface area contributed by atoms with Crippen molar-refractivity contribution in [2.75, 3.05) is 0 Å². The molecule has 5 rings (SSSR count). The van der Waals surface area contributed by atoms with Crippen LogP contribution in [0.4, 0.5) is 0 Å². The van der Waals surface area contributed by atoms with Crippen molar-refractivity contribution in [1.29, 1.82) is 0 Å². The van der Waals surface area contributed by atoms with Gasteiger partial charge in [-0.3, -0.25) is 4.40 Å². The summed E-state index contributed by atoms with van der Waals surface area (Å²) in [6, 6.07) is 21.4. The Hall–Kier alpha value is -3.14. The summed E-state index contributed by atoms with van der Waals surface area (Å²) in [6.45, 7) is 2.88. The minimum Gasteiger partial charge on any atom is -0.305 e. The summed E-state index contributed by atoms with van der Waals surface area (Å²) in [5.74, 6) is 0.863. The molecule has 0 amide bonds. The molecule has 116 valence electrons. The zero-order valence-corrected chi connectivity index (χ0v) is 13.3. The molecule has 0 unspecified atom stereocenters. The number of aromatic nitrogens is 4. The van der Waals surface area contributed by atoms with Gasteiger partial charge in [-0.25, -0.2) is 0 Å². The van der Waals surface area contributed by atoms with E-state index in [2.05, 4.69) is 86.8 Å². The van der Waals surface area contributed by atoms with Crippen LogP contribution in [-0.4, -0.2) is 19.2 Å². The van der Waals surface area contributed by atoms with E-state index in [0.29, 0.717) is 0 Å². The van der Waals surface area contributed by atoms with Crippen LogP contribution in [0.2, 0.25) is 0 Å². The van der Waals surface area contributed by atoms with Crippen molar-refractivity contribution in [2.24, 2.45) is 0 Å². The molecule has 5 aromatic rings. The first-order chi connectivity index (χ1) is 11.8. The molecule has 0 saturated heterocycles. The molecule has 0 saturated carbocycles. The summed E-state index contributed by atoms with van der Waals surface area (Å²) in [5, 5.41) is 11.0. The van der Waals surface area contributed by atoms with Crippen LogP contribution >= 0.6 is 0 Å². The van der Waals surface area contributed by atoms with Crippen molar-refractivity contribution in [3.8, 4) is 0 Å². The molecule has 0 aliphatic heterocycles. The van der Waals surface area contributed by atoms with E-state index in [-0.39, 0.29) is 0 Å². The Morgan fingerprint density at radius 1 is 0.875 bits per heavy atom. The van der Waals surface area contributed by atoms with Gasteiger partial charge in [0.2, 0.25) is 5.78 Å². The van der Waals surface area contributed by atoms with E-state index >= 15 is 0 Å². The maximum Gasteiger partial charge on any atom is 0.236 e. The lowest BCUT2D eigenvalue weighted by Crippen LogP contribution is -2.08. The van der Waals surface area contributed by atoms with Gasteiger partial charge >= 0.3 is 0 Å². The first kappa shape index (κ1) is 13.3. The van der Waals surface area contributed by atoms with Crippen molar-refractivity contribution in [3.63, 3.8) is 0 Å². The smallest absolute Gasteiger partial charge is 0.236 e. The molecule has 0 atom stereocenters. The highest BCUT2D eigenvalue weighted by molar-refractivity contribution is 6.08. The lowest BCUT2D eigenvalue weighted by Gasteiger charge is -2.16. The van der Waals surface area contributed by atoms with Gasteiger partial charge in [-0.15, -0.1) is 10.2 Å². The van der Waals surface area contributed by atoms with E-state index in [1.165, 1.54) is 27.4 Å². The predicted molar refractivity (Wildman–Crippen MR) is 96.3 cm³/mol. The van der Waals surface area contributed by atoms with E-state index in [1.54, 1.807) is 6.33 Å². The second-order valence-electron chi connectivity index (χ2n) is 6.23. The second-order valence-corrected chi connectivity index (χ2v) is 6.23. The summed E-state index contributed by atoms with van der Waals surface area (Å²) < 4.78 is 4.32. The Kier molecular flexibility index (Phi) is 2.73. The molecule has 4 nitrogen and oxygen atoms in total.